The number of hydrogen-bond acceptors (Lipinski definition) is 5. The highest BCUT2D eigenvalue weighted by Crippen LogP contribution is 2.04. The van der Waals surface area contributed by atoms with Crippen LogP contribution in [0.2, 0.25) is 0 Å². The first-order valence-corrected chi connectivity index (χ1v) is 3.72. The molecule has 5 heteroatoms. The molecule has 1 aromatic heterocycles. The molecular formula is C7H13N5. The summed E-state index contributed by atoms with van der Waals surface area (Å²) in [6.07, 6.45) is 3.16. The van der Waals surface area contributed by atoms with Gasteiger partial charge in [-0.25, -0.2) is 9.97 Å². The Hall–Kier alpha value is -1.36. The van der Waals surface area contributed by atoms with E-state index in [9.17, 15) is 0 Å². The minimum absolute atomic E-state index is 0.569. The molecular weight excluding hydrogens is 154 g/mol. The van der Waals surface area contributed by atoms with Crippen molar-refractivity contribution < 1.29 is 0 Å². The maximum Gasteiger partial charge on any atom is 0.225 e. The molecule has 66 valence electrons. The summed E-state index contributed by atoms with van der Waals surface area (Å²) in [6.45, 7) is 1.33. The third-order valence-corrected chi connectivity index (χ3v) is 1.46. The second-order valence-electron chi connectivity index (χ2n) is 2.53. The lowest BCUT2D eigenvalue weighted by Crippen LogP contribution is -2.26. The fourth-order valence-corrected chi connectivity index (χ4v) is 0.822. The van der Waals surface area contributed by atoms with E-state index in [0.717, 1.165) is 6.54 Å². The zero-order valence-electron chi connectivity index (χ0n) is 7.07. The quantitative estimate of drug-likeness (QED) is 0.631. The number of anilines is 2. The minimum Gasteiger partial charge on any atom is -0.396 e. The average molecular weight is 167 g/mol. The van der Waals surface area contributed by atoms with Crippen molar-refractivity contribution in [2.24, 2.45) is 5.73 Å². The number of nitrogens with two attached hydrogens (primary N) is 2. The van der Waals surface area contributed by atoms with Crippen LogP contribution in [0.3, 0.4) is 0 Å². The smallest absolute Gasteiger partial charge is 0.225 e. The Kier molecular flexibility index (Phi) is 2.82. The van der Waals surface area contributed by atoms with Crippen LogP contribution in [0, 0.1) is 0 Å². The van der Waals surface area contributed by atoms with Crippen LogP contribution in [-0.4, -0.2) is 30.1 Å². The Bertz CT molecular complexity index is 232. The summed E-state index contributed by atoms with van der Waals surface area (Å²) in [5.74, 6) is 0.648. The van der Waals surface area contributed by atoms with E-state index in [2.05, 4.69) is 9.97 Å². The highest BCUT2D eigenvalue weighted by atomic mass is 15.2. The molecule has 0 bridgehead atoms. The number of nitrogens with zero attached hydrogens (tertiary/aromatic N) is 3. The topological polar surface area (TPSA) is 81.1 Å². The maximum absolute atomic E-state index is 5.43. The minimum atomic E-state index is 0.569. The SMILES string of the molecule is CN(CCN)c1ncc(N)cn1. The number of nitrogen functional groups attached to an aromatic ring is 1. The second-order valence-corrected chi connectivity index (χ2v) is 2.53. The fourth-order valence-electron chi connectivity index (χ4n) is 0.822. The van der Waals surface area contributed by atoms with Gasteiger partial charge in [-0.2, -0.15) is 0 Å². The molecule has 1 heterocycles. The van der Waals surface area contributed by atoms with Crippen LogP contribution in [0.4, 0.5) is 11.6 Å². The average Bonchev–Trinajstić information content (AvgIpc) is 2.06. The summed E-state index contributed by atoms with van der Waals surface area (Å²) in [6, 6.07) is 0. The second kappa shape index (κ2) is 3.87. The van der Waals surface area contributed by atoms with Gasteiger partial charge in [0, 0.05) is 20.1 Å². The highest BCUT2D eigenvalue weighted by Gasteiger charge is 2.00. The molecule has 0 saturated heterocycles. The molecule has 0 aliphatic carbocycles. The van der Waals surface area contributed by atoms with Crippen LogP contribution in [0.25, 0.3) is 0 Å². The Morgan fingerprint density at radius 3 is 2.50 bits per heavy atom. The van der Waals surface area contributed by atoms with Gasteiger partial charge in [-0.3, -0.25) is 0 Å². The molecule has 0 atom stereocenters. The summed E-state index contributed by atoms with van der Waals surface area (Å²) < 4.78 is 0. The van der Waals surface area contributed by atoms with E-state index in [1.165, 1.54) is 0 Å². The molecule has 0 aliphatic rings. The van der Waals surface area contributed by atoms with Crippen molar-refractivity contribution in [1.82, 2.24) is 9.97 Å². The predicted molar refractivity (Wildman–Crippen MR) is 48.8 cm³/mol. The van der Waals surface area contributed by atoms with E-state index in [1.54, 1.807) is 12.4 Å². The van der Waals surface area contributed by atoms with Gasteiger partial charge >= 0.3 is 0 Å². The zero-order valence-corrected chi connectivity index (χ0v) is 7.07. The molecule has 0 fully saturated rings. The van der Waals surface area contributed by atoms with Crippen molar-refractivity contribution in [2.45, 2.75) is 0 Å². The van der Waals surface area contributed by atoms with Crippen LogP contribution in [0.5, 0.6) is 0 Å². The van der Waals surface area contributed by atoms with Gasteiger partial charge in [-0.05, 0) is 0 Å². The number of hydrogen-bond donors (Lipinski definition) is 2. The molecule has 1 rings (SSSR count). The lowest BCUT2D eigenvalue weighted by Gasteiger charge is -2.14. The van der Waals surface area contributed by atoms with Crippen molar-refractivity contribution in [3.8, 4) is 0 Å². The van der Waals surface area contributed by atoms with E-state index in [1.807, 2.05) is 11.9 Å². The zero-order chi connectivity index (χ0) is 8.97. The molecule has 12 heavy (non-hydrogen) atoms. The highest BCUT2D eigenvalue weighted by molar-refractivity contribution is 5.37. The summed E-state index contributed by atoms with van der Waals surface area (Å²) in [4.78, 5) is 9.94. The van der Waals surface area contributed by atoms with Gasteiger partial charge in [0.05, 0.1) is 18.1 Å². The summed E-state index contributed by atoms with van der Waals surface area (Å²) >= 11 is 0. The van der Waals surface area contributed by atoms with E-state index in [4.69, 9.17) is 11.5 Å². The molecule has 4 N–H and O–H groups in total. The summed E-state index contributed by atoms with van der Waals surface area (Å²) in [5, 5.41) is 0. The van der Waals surface area contributed by atoms with Crippen LogP contribution in [-0.2, 0) is 0 Å². The van der Waals surface area contributed by atoms with Crippen LogP contribution in [0.15, 0.2) is 12.4 Å². The van der Waals surface area contributed by atoms with Crippen molar-refractivity contribution in [2.75, 3.05) is 30.8 Å². The standard InChI is InChI=1S/C7H13N5/c1-12(3-2-8)7-10-4-6(9)5-11-7/h4-5H,2-3,8-9H2,1H3. The summed E-state index contributed by atoms with van der Waals surface area (Å²) in [7, 11) is 1.89. The summed E-state index contributed by atoms with van der Waals surface area (Å²) in [5.41, 5.74) is 11.4. The Morgan fingerprint density at radius 2 is 2.00 bits per heavy atom. The van der Waals surface area contributed by atoms with Crippen molar-refractivity contribution in [1.29, 1.82) is 0 Å². The van der Waals surface area contributed by atoms with Gasteiger partial charge in [0.15, 0.2) is 0 Å². The number of aromatic nitrogens is 2. The normalized spacial score (nSPS) is 9.83. The fraction of sp³-hybridized carbons (Fsp3) is 0.429. The van der Waals surface area contributed by atoms with Crippen molar-refractivity contribution in [3.63, 3.8) is 0 Å². The number of likely N-dealkylation sites (N-methyl/N-ethyl adjacent to an activating group) is 1. The van der Waals surface area contributed by atoms with E-state index in [-0.39, 0.29) is 0 Å². The van der Waals surface area contributed by atoms with Gasteiger partial charge < -0.3 is 16.4 Å². The van der Waals surface area contributed by atoms with Gasteiger partial charge in [-0.15, -0.1) is 0 Å². The largest absolute Gasteiger partial charge is 0.396 e. The maximum atomic E-state index is 5.43. The van der Waals surface area contributed by atoms with E-state index in [0.29, 0.717) is 18.2 Å². The van der Waals surface area contributed by atoms with Crippen LogP contribution < -0.4 is 16.4 Å². The molecule has 0 unspecified atom stereocenters. The molecule has 1 aromatic rings. The lowest BCUT2D eigenvalue weighted by molar-refractivity contribution is 0.846. The van der Waals surface area contributed by atoms with E-state index >= 15 is 0 Å². The van der Waals surface area contributed by atoms with E-state index < -0.39 is 0 Å². The van der Waals surface area contributed by atoms with Gasteiger partial charge in [-0.1, -0.05) is 0 Å². The third kappa shape index (κ3) is 2.06. The Morgan fingerprint density at radius 1 is 1.42 bits per heavy atom. The molecule has 0 aromatic carbocycles. The molecule has 5 nitrogen and oxygen atoms in total. The molecule has 0 amide bonds. The Balaban J connectivity index is 2.68. The van der Waals surface area contributed by atoms with Gasteiger partial charge in [0.25, 0.3) is 0 Å². The first kappa shape index (κ1) is 8.73. The van der Waals surface area contributed by atoms with Gasteiger partial charge in [0.2, 0.25) is 5.95 Å². The third-order valence-electron chi connectivity index (χ3n) is 1.46. The molecule has 0 saturated carbocycles. The Labute approximate surface area is 71.4 Å². The number of rotatable bonds is 3. The molecule has 0 aliphatic heterocycles. The first-order chi connectivity index (χ1) is 5.74. The van der Waals surface area contributed by atoms with Crippen LogP contribution in [0.1, 0.15) is 0 Å². The molecule has 0 spiro atoms. The predicted octanol–water partition coefficient (Wildman–Crippen LogP) is -0.546. The monoisotopic (exact) mass is 167 g/mol. The molecule has 0 radical (unpaired) electrons. The van der Waals surface area contributed by atoms with Crippen molar-refractivity contribution in [3.05, 3.63) is 12.4 Å². The first-order valence-electron chi connectivity index (χ1n) is 3.72. The van der Waals surface area contributed by atoms with Crippen LogP contribution >= 0.6 is 0 Å². The van der Waals surface area contributed by atoms with Gasteiger partial charge in [0.1, 0.15) is 0 Å². The van der Waals surface area contributed by atoms with Crippen molar-refractivity contribution >= 4 is 11.6 Å². The lowest BCUT2D eigenvalue weighted by atomic mass is 10.5.